The van der Waals surface area contributed by atoms with E-state index < -0.39 is 13.3 Å². The van der Waals surface area contributed by atoms with E-state index in [1.54, 1.807) is 26.0 Å². The summed E-state index contributed by atoms with van der Waals surface area (Å²) in [5.74, 6) is -0.192. The van der Waals surface area contributed by atoms with E-state index in [4.69, 9.17) is 9.05 Å². The molecule has 1 amide bonds. The van der Waals surface area contributed by atoms with E-state index >= 15 is 0 Å². The average Bonchev–Trinajstić information content (AvgIpc) is 3.01. The van der Waals surface area contributed by atoms with Crippen LogP contribution in [0, 0.1) is 5.82 Å². The zero-order chi connectivity index (χ0) is 18.0. The Morgan fingerprint density at radius 3 is 2.36 bits per heavy atom. The molecule has 5 nitrogen and oxygen atoms in total. The fourth-order valence-corrected chi connectivity index (χ4v) is 6.14. The summed E-state index contributed by atoms with van der Waals surface area (Å²) in [6.07, 6.45) is 2.08. The molecule has 0 spiro atoms. The highest BCUT2D eigenvalue weighted by molar-refractivity contribution is 7.55. The molecule has 3 atom stereocenters. The first-order valence-electron chi connectivity index (χ1n) is 8.95. The average molecular weight is 369 g/mol. The molecule has 0 radical (unpaired) electrons. The standard InChI is InChI=1S/C18H25FNO4P/c1-3-23-25(22,24-4-2)17-10-9-16-15(11-12-20(16)18(17)21)13-5-7-14(19)8-6-13/h5-8,15-17H,3-4,9-12H2,1-2H3. The first-order valence-corrected chi connectivity index (χ1v) is 10.6. The molecule has 7 heteroatoms. The molecule has 138 valence electrons. The maximum absolute atomic E-state index is 13.2. The first kappa shape index (κ1) is 18.6. The van der Waals surface area contributed by atoms with Gasteiger partial charge in [-0.05, 0) is 50.8 Å². The topological polar surface area (TPSA) is 55.8 Å². The van der Waals surface area contributed by atoms with Crippen LogP contribution in [0.3, 0.4) is 0 Å². The van der Waals surface area contributed by atoms with Gasteiger partial charge >= 0.3 is 7.60 Å². The Morgan fingerprint density at radius 2 is 1.76 bits per heavy atom. The highest BCUT2D eigenvalue weighted by Crippen LogP contribution is 2.57. The second-order valence-electron chi connectivity index (χ2n) is 6.51. The molecule has 1 aromatic rings. The smallest absolute Gasteiger partial charge is 0.338 e. The van der Waals surface area contributed by atoms with E-state index in [9.17, 15) is 13.8 Å². The zero-order valence-electron chi connectivity index (χ0n) is 14.7. The molecule has 1 aromatic carbocycles. The highest BCUT2D eigenvalue weighted by atomic mass is 31.2. The lowest BCUT2D eigenvalue weighted by Gasteiger charge is -2.38. The number of carbonyl (C=O) groups excluding carboxylic acids is 1. The van der Waals surface area contributed by atoms with Crippen molar-refractivity contribution in [3.63, 3.8) is 0 Å². The molecule has 2 aliphatic rings. The molecule has 25 heavy (non-hydrogen) atoms. The molecule has 0 bridgehead atoms. The highest BCUT2D eigenvalue weighted by Gasteiger charge is 2.51. The van der Waals surface area contributed by atoms with Crippen molar-refractivity contribution in [3.05, 3.63) is 35.6 Å². The molecule has 2 heterocycles. The van der Waals surface area contributed by atoms with E-state index in [2.05, 4.69) is 0 Å². The quantitative estimate of drug-likeness (QED) is 0.713. The molecule has 2 fully saturated rings. The van der Waals surface area contributed by atoms with Gasteiger partial charge in [0.25, 0.3) is 0 Å². The van der Waals surface area contributed by atoms with E-state index in [0.29, 0.717) is 13.0 Å². The number of nitrogens with zero attached hydrogens (tertiary/aromatic N) is 1. The Hall–Kier alpha value is -1.23. The van der Waals surface area contributed by atoms with Gasteiger partial charge in [-0.25, -0.2) is 4.39 Å². The van der Waals surface area contributed by atoms with Crippen LogP contribution in [0.5, 0.6) is 0 Å². The van der Waals surface area contributed by atoms with Crippen LogP contribution in [0.2, 0.25) is 0 Å². The third-order valence-corrected chi connectivity index (χ3v) is 7.63. The van der Waals surface area contributed by atoms with Crippen molar-refractivity contribution < 1.29 is 22.8 Å². The fourth-order valence-electron chi connectivity index (χ4n) is 4.10. The molecule has 3 unspecified atom stereocenters. The Bertz CT molecular complexity index is 656. The predicted molar refractivity (Wildman–Crippen MR) is 93.1 cm³/mol. The molecule has 0 aromatic heterocycles. The van der Waals surface area contributed by atoms with Crippen LogP contribution in [0.15, 0.2) is 24.3 Å². The van der Waals surface area contributed by atoms with Gasteiger partial charge in [-0.1, -0.05) is 12.1 Å². The maximum Gasteiger partial charge on any atom is 0.343 e. The van der Waals surface area contributed by atoms with Gasteiger partial charge in [0.1, 0.15) is 11.5 Å². The summed E-state index contributed by atoms with van der Waals surface area (Å²) in [5.41, 5.74) is 0.341. The van der Waals surface area contributed by atoms with Crippen molar-refractivity contribution in [2.24, 2.45) is 0 Å². The van der Waals surface area contributed by atoms with Gasteiger partial charge in [0.05, 0.1) is 13.2 Å². The van der Waals surface area contributed by atoms with Crippen molar-refractivity contribution >= 4 is 13.5 Å². The summed E-state index contributed by atoms with van der Waals surface area (Å²) >= 11 is 0. The van der Waals surface area contributed by atoms with Crippen LogP contribution < -0.4 is 0 Å². The van der Waals surface area contributed by atoms with Crippen LogP contribution in [-0.4, -0.2) is 42.3 Å². The van der Waals surface area contributed by atoms with Gasteiger partial charge < -0.3 is 13.9 Å². The molecule has 0 saturated carbocycles. The number of carbonyl (C=O) groups is 1. The Labute approximate surface area is 148 Å². The SMILES string of the molecule is CCOP(=O)(OCC)C1CCC2C(c3ccc(F)cc3)CCN2C1=O. The van der Waals surface area contributed by atoms with Gasteiger partial charge in [-0.2, -0.15) is 0 Å². The van der Waals surface area contributed by atoms with Crippen molar-refractivity contribution in [2.75, 3.05) is 19.8 Å². The maximum atomic E-state index is 13.2. The van der Waals surface area contributed by atoms with Crippen LogP contribution in [-0.2, 0) is 18.4 Å². The molecule has 0 N–H and O–H groups in total. The molecule has 3 rings (SSSR count). The zero-order valence-corrected chi connectivity index (χ0v) is 15.6. The van der Waals surface area contributed by atoms with Crippen LogP contribution >= 0.6 is 7.60 Å². The molecule has 0 aliphatic carbocycles. The molecule has 2 aliphatic heterocycles. The van der Waals surface area contributed by atoms with Crippen LogP contribution in [0.25, 0.3) is 0 Å². The second-order valence-corrected chi connectivity index (χ2v) is 8.73. The fraction of sp³-hybridized carbons (Fsp3) is 0.611. The number of hydrogen-bond acceptors (Lipinski definition) is 4. The third kappa shape index (κ3) is 3.53. The van der Waals surface area contributed by atoms with E-state index in [-0.39, 0.29) is 36.9 Å². The number of fused-ring (bicyclic) bond motifs is 1. The summed E-state index contributed by atoms with van der Waals surface area (Å²) in [6, 6.07) is 6.59. The lowest BCUT2D eigenvalue weighted by molar-refractivity contribution is -0.134. The predicted octanol–water partition coefficient (Wildman–Crippen LogP) is 3.94. The Balaban J connectivity index is 1.78. The Morgan fingerprint density at radius 1 is 1.12 bits per heavy atom. The number of hydrogen-bond donors (Lipinski definition) is 0. The normalized spacial score (nSPS) is 26.8. The van der Waals surface area contributed by atoms with Crippen molar-refractivity contribution in [1.82, 2.24) is 4.90 Å². The number of halogens is 1. The lowest BCUT2D eigenvalue weighted by atomic mass is 9.87. The van der Waals surface area contributed by atoms with E-state index in [1.165, 1.54) is 12.1 Å². The minimum atomic E-state index is -3.44. The van der Waals surface area contributed by atoms with Crippen LogP contribution in [0.4, 0.5) is 4.39 Å². The van der Waals surface area contributed by atoms with E-state index in [1.807, 2.05) is 4.90 Å². The monoisotopic (exact) mass is 369 g/mol. The summed E-state index contributed by atoms with van der Waals surface area (Å²) in [7, 11) is -3.44. The minimum absolute atomic E-state index is 0.0749. The van der Waals surface area contributed by atoms with Gasteiger partial charge in [0, 0.05) is 18.5 Å². The van der Waals surface area contributed by atoms with Crippen molar-refractivity contribution in [1.29, 1.82) is 0 Å². The van der Waals surface area contributed by atoms with Gasteiger partial charge in [0.15, 0.2) is 0 Å². The van der Waals surface area contributed by atoms with Gasteiger partial charge in [-0.15, -0.1) is 0 Å². The number of amides is 1. The lowest BCUT2D eigenvalue weighted by Crippen LogP contribution is -2.48. The van der Waals surface area contributed by atoms with Crippen molar-refractivity contribution in [2.45, 2.75) is 50.7 Å². The number of piperidine rings is 1. The van der Waals surface area contributed by atoms with Crippen molar-refractivity contribution in [3.8, 4) is 0 Å². The summed E-state index contributed by atoms with van der Waals surface area (Å²) in [4.78, 5) is 14.8. The summed E-state index contributed by atoms with van der Waals surface area (Å²) < 4.78 is 37.0. The summed E-state index contributed by atoms with van der Waals surface area (Å²) in [6.45, 7) is 4.63. The first-order chi connectivity index (χ1) is 12.0. The second kappa shape index (κ2) is 7.56. The van der Waals surface area contributed by atoms with Gasteiger partial charge in [-0.3, -0.25) is 9.36 Å². The number of rotatable bonds is 6. The minimum Gasteiger partial charge on any atom is -0.338 e. The van der Waals surface area contributed by atoms with Crippen LogP contribution in [0.1, 0.15) is 44.6 Å². The van der Waals surface area contributed by atoms with E-state index in [0.717, 1.165) is 18.4 Å². The molecular weight excluding hydrogens is 344 g/mol. The largest absolute Gasteiger partial charge is 0.343 e. The molecular formula is C18H25FNO4P. The third-order valence-electron chi connectivity index (χ3n) is 5.15. The van der Waals surface area contributed by atoms with Gasteiger partial charge in [0.2, 0.25) is 5.91 Å². The number of benzene rings is 1. The Kier molecular flexibility index (Phi) is 5.62. The molecule has 2 saturated heterocycles. The summed E-state index contributed by atoms with van der Waals surface area (Å²) in [5, 5.41) is 0.